The third-order valence-corrected chi connectivity index (χ3v) is 7.23. The van der Waals surface area contributed by atoms with Crippen LogP contribution >= 0.6 is 38.0 Å². The Morgan fingerprint density at radius 2 is 0.436 bits per heavy atom. The summed E-state index contributed by atoms with van der Waals surface area (Å²) in [6, 6.07) is 0. The summed E-state index contributed by atoms with van der Waals surface area (Å²) in [5.74, 6) is 0. The molecule has 0 aromatic carbocycles. The van der Waals surface area contributed by atoms with Crippen LogP contribution in [-0.2, 0) is 22.8 Å². The van der Waals surface area contributed by atoms with E-state index in [0.29, 0.717) is 9.80 Å². The van der Waals surface area contributed by atoms with Gasteiger partial charge in [-0.2, -0.15) is 0 Å². The van der Waals surface area contributed by atoms with Crippen molar-refractivity contribution >= 4 is 245 Å². The van der Waals surface area contributed by atoms with E-state index in [1.807, 2.05) is 0 Å². The predicted molar refractivity (Wildman–Crippen MR) is 160 cm³/mol. The molecule has 0 spiro atoms. The summed E-state index contributed by atoms with van der Waals surface area (Å²) in [6.07, 6.45) is -5.21. The van der Waals surface area contributed by atoms with E-state index >= 15 is 0 Å². The van der Waals surface area contributed by atoms with Crippen LogP contribution in [0, 0.1) is 0 Å². The fourth-order valence-corrected chi connectivity index (χ4v) is 6.66. The number of rotatable bonds is 16. The second-order valence-corrected chi connectivity index (χ2v) is 15.0. The van der Waals surface area contributed by atoms with Crippen molar-refractivity contribution in [2.75, 3.05) is 57.6 Å². The first-order valence-corrected chi connectivity index (χ1v) is 17.3. The van der Waals surface area contributed by atoms with Crippen LogP contribution in [-0.4, -0.2) is 328 Å². The van der Waals surface area contributed by atoms with E-state index in [1.54, 1.807) is 0 Å². The Balaban J connectivity index is -0.000000229. The third-order valence-electron chi connectivity index (χ3n) is 3.39. The van der Waals surface area contributed by atoms with Gasteiger partial charge in [0.25, 0.3) is 0 Å². The van der Waals surface area contributed by atoms with Gasteiger partial charge in [-0.25, -0.2) is 0 Å². The fraction of sp³-hybridized carbons (Fsp3) is 1.00. The summed E-state index contributed by atoms with van der Waals surface area (Å²) in [5, 5.41) is 0. The summed E-state index contributed by atoms with van der Waals surface area (Å²) in [4.78, 5) is 93.2. The van der Waals surface area contributed by atoms with Crippen molar-refractivity contribution in [2.24, 2.45) is 0 Å². The molecule has 0 aliphatic rings. The Labute approximate surface area is 381 Å². The van der Waals surface area contributed by atoms with Crippen LogP contribution in [0.15, 0.2) is 0 Å². The van der Waals surface area contributed by atoms with Gasteiger partial charge in [-0.3, -0.25) is 37.5 Å². The van der Waals surface area contributed by atoms with Crippen LogP contribution < -0.4 is 0 Å². The molecular weight excluding hydrogens is 706 g/mol. The second-order valence-electron chi connectivity index (χ2n) is 6.94. The molecule has 208 valence electrons. The standard InChI is InChI=1S/C9H28N3O15P5.7Na.7H/c13-28(14,15)5-10(1-3-11(6-29(16,17)18)7-30(19,20)21)2-4-12(8-31(22,23)24)9-32(25,26)27;;;;;;;;;;;;;;/h1-9H2,(H2,13,14,15)(H2,16,17,18)(H2,19,20,21)(H2,22,23,24)(H2,25,26,27);;;;;;;;;;;;;;. The van der Waals surface area contributed by atoms with Gasteiger partial charge in [0, 0.05) is 26.2 Å². The summed E-state index contributed by atoms with van der Waals surface area (Å²) in [7, 11) is -23.8. The molecule has 0 saturated heterocycles. The first kappa shape index (κ1) is 65.1. The summed E-state index contributed by atoms with van der Waals surface area (Å²) >= 11 is 0. The Morgan fingerprint density at radius 3 is 0.590 bits per heavy atom. The van der Waals surface area contributed by atoms with Gasteiger partial charge in [0.1, 0.15) is 31.4 Å². The van der Waals surface area contributed by atoms with Crippen LogP contribution in [0.4, 0.5) is 0 Å². The summed E-state index contributed by atoms with van der Waals surface area (Å²) in [5.41, 5.74) is 0. The zero-order valence-electron chi connectivity index (χ0n) is 16.5. The molecule has 0 aliphatic heterocycles. The third kappa shape index (κ3) is 47.8. The van der Waals surface area contributed by atoms with Crippen molar-refractivity contribution in [3.63, 3.8) is 0 Å². The first-order chi connectivity index (χ1) is 13.9. The number of hydrogen-bond donors (Lipinski definition) is 10. The zero-order chi connectivity index (χ0) is 25.6. The summed E-state index contributed by atoms with van der Waals surface area (Å²) in [6.45, 7) is -1.78. The van der Waals surface area contributed by atoms with E-state index in [0.717, 1.165) is 4.90 Å². The Kier molecular flexibility index (Phi) is 49.0. The monoisotopic (exact) mass is 741 g/mol. The van der Waals surface area contributed by atoms with Crippen molar-refractivity contribution < 1.29 is 71.8 Å². The van der Waals surface area contributed by atoms with Crippen LogP contribution in [0.1, 0.15) is 0 Å². The molecule has 10 N–H and O–H groups in total. The van der Waals surface area contributed by atoms with E-state index in [1.165, 1.54) is 0 Å². The molecule has 0 radical (unpaired) electrons. The average molecular weight is 741 g/mol. The van der Waals surface area contributed by atoms with Crippen molar-refractivity contribution in [3.8, 4) is 0 Å². The Morgan fingerprint density at radius 1 is 0.308 bits per heavy atom. The molecule has 0 fully saturated rings. The molecule has 0 saturated carbocycles. The molecule has 39 heavy (non-hydrogen) atoms. The molecule has 18 nitrogen and oxygen atoms in total. The van der Waals surface area contributed by atoms with Crippen LogP contribution in [0.2, 0.25) is 0 Å². The maximum absolute atomic E-state index is 11.4. The molecule has 0 aromatic rings. The molecule has 0 amide bonds. The van der Waals surface area contributed by atoms with Gasteiger partial charge >= 0.3 is 245 Å². The molecule has 0 heterocycles. The van der Waals surface area contributed by atoms with Crippen molar-refractivity contribution in [2.45, 2.75) is 0 Å². The van der Waals surface area contributed by atoms with Crippen molar-refractivity contribution in [1.82, 2.24) is 14.7 Å². The average Bonchev–Trinajstić information content (AvgIpc) is 2.41. The molecule has 0 atom stereocenters. The molecule has 0 bridgehead atoms. The fourth-order valence-electron chi connectivity index (χ4n) is 2.49. The maximum atomic E-state index is 11.4. The van der Waals surface area contributed by atoms with E-state index < -0.39 is 95.6 Å². The van der Waals surface area contributed by atoms with Gasteiger partial charge in [0.2, 0.25) is 0 Å². The van der Waals surface area contributed by atoms with E-state index in [-0.39, 0.29) is 207 Å². The topological polar surface area (TPSA) is 297 Å². The van der Waals surface area contributed by atoms with Crippen molar-refractivity contribution in [3.05, 3.63) is 0 Å². The van der Waals surface area contributed by atoms with Gasteiger partial charge in [-0.1, -0.05) is 0 Å². The van der Waals surface area contributed by atoms with E-state index in [4.69, 9.17) is 39.1 Å². The molecule has 0 aliphatic carbocycles. The van der Waals surface area contributed by atoms with Crippen LogP contribution in [0.5, 0.6) is 0 Å². The minimum absolute atomic E-state index is 0. The van der Waals surface area contributed by atoms with Gasteiger partial charge in [-0.15, -0.1) is 0 Å². The van der Waals surface area contributed by atoms with Crippen molar-refractivity contribution in [1.29, 1.82) is 0 Å². The first-order valence-electron chi connectivity index (χ1n) is 8.34. The van der Waals surface area contributed by atoms with Gasteiger partial charge < -0.3 is 48.9 Å². The Bertz CT molecular complexity index is 747. The molecule has 0 unspecified atom stereocenters. The van der Waals surface area contributed by atoms with Crippen LogP contribution in [0.3, 0.4) is 0 Å². The molecule has 0 rings (SSSR count). The van der Waals surface area contributed by atoms with E-state index in [2.05, 4.69) is 0 Å². The Hall–Kier alpha value is 7.63. The number of nitrogens with zero attached hydrogens (tertiary/aromatic N) is 3. The molecule has 30 heteroatoms. The minimum atomic E-state index is -4.76. The predicted octanol–water partition coefficient (Wildman–Crippen LogP) is -6.97. The zero-order valence-corrected chi connectivity index (χ0v) is 20.9. The van der Waals surface area contributed by atoms with Gasteiger partial charge in [0.05, 0.1) is 0 Å². The number of hydrogen-bond acceptors (Lipinski definition) is 8. The second kappa shape index (κ2) is 29.4. The van der Waals surface area contributed by atoms with Gasteiger partial charge in [-0.05, 0) is 0 Å². The SMILES string of the molecule is O=P(O)(O)CN(CCN(CP(=O)(O)O)CP(=O)(O)O)CCN(CP(=O)(O)O)CP(=O)(O)O.[NaH].[NaH].[NaH].[NaH].[NaH].[NaH].[NaH]. The van der Waals surface area contributed by atoms with Crippen LogP contribution in [0.25, 0.3) is 0 Å². The van der Waals surface area contributed by atoms with Gasteiger partial charge in [0.15, 0.2) is 0 Å². The van der Waals surface area contributed by atoms with E-state index in [9.17, 15) is 32.6 Å². The molecular formula is C9H35N3Na7O15P5. The molecule has 0 aromatic heterocycles. The quantitative estimate of drug-likeness (QED) is 0.0519. The normalized spacial score (nSPS) is 12.0. The summed E-state index contributed by atoms with van der Waals surface area (Å²) < 4.78 is 56.1.